The Hall–Kier alpha value is -0.910. The molecule has 3 N–H and O–H groups in total. The third-order valence-corrected chi connectivity index (χ3v) is 5.02. The molecule has 2 rings (SSSR count). The lowest BCUT2D eigenvalue weighted by molar-refractivity contribution is 0.519. The van der Waals surface area contributed by atoms with E-state index in [2.05, 4.69) is 4.72 Å². The van der Waals surface area contributed by atoms with Gasteiger partial charge in [-0.25, -0.2) is 13.1 Å². The van der Waals surface area contributed by atoms with Crippen LogP contribution >= 0.6 is 0 Å². The Bertz CT molecular complexity index is 536. The summed E-state index contributed by atoms with van der Waals surface area (Å²) in [4.78, 5) is 0.354. The normalized spacial score (nSPS) is 17.7. The quantitative estimate of drug-likeness (QED) is 0.846. The molecular formula is C13H20N2O2S. The van der Waals surface area contributed by atoms with E-state index < -0.39 is 10.0 Å². The minimum absolute atomic E-state index is 0.129. The maximum atomic E-state index is 12.3. The van der Waals surface area contributed by atoms with Crippen LogP contribution in [0.15, 0.2) is 23.1 Å². The molecule has 0 heterocycles. The van der Waals surface area contributed by atoms with Crippen LogP contribution in [0.25, 0.3) is 0 Å². The Kier molecular flexibility index (Phi) is 3.75. The number of hydrogen-bond donors (Lipinski definition) is 2. The maximum absolute atomic E-state index is 12.3. The molecular weight excluding hydrogens is 248 g/mol. The average molecular weight is 268 g/mol. The van der Waals surface area contributed by atoms with Crippen LogP contribution in [0.2, 0.25) is 0 Å². The van der Waals surface area contributed by atoms with E-state index in [1.807, 2.05) is 26.0 Å². The highest BCUT2D eigenvalue weighted by molar-refractivity contribution is 7.89. The average Bonchev–Trinajstić information content (AvgIpc) is 3.09. The van der Waals surface area contributed by atoms with Crippen molar-refractivity contribution in [2.45, 2.75) is 37.6 Å². The number of nitrogens with two attached hydrogens (primary N) is 1. The van der Waals surface area contributed by atoms with Gasteiger partial charge in [0.15, 0.2) is 0 Å². The Morgan fingerprint density at radius 3 is 2.56 bits per heavy atom. The van der Waals surface area contributed by atoms with Crippen molar-refractivity contribution in [1.82, 2.24) is 4.72 Å². The fraction of sp³-hybridized carbons (Fsp3) is 0.538. The number of hydrogen-bond acceptors (Lipinski definition) is 3. The van der Waals surface area contributed by atoms with Crippen molar-refractivity contribution in [3.8, 4) is 0 Å². The number of nitrogens with one attached hydrogen (secondary N) is 1. The number of rotatable bonds is 5. The number of aryl methyl sites for hydroxylation is 2. The molecule has 5 heteroatoms. The van der Waals surface area contributed by atoms with E-state index in [-0.39, 0.29) is 6.04 Å². The van der Waals surface area contributed by atoms with Crippen molar-refractivity contribution in [1.29, 1.82) is 0 Å². The highest BCUT2D eigenvalue weighted by Crippen LogP contribution is 2.33. The SMILES string of the molecule is Cc1ccc(S(=O)(=O)NC(CN)C2CC2)c(C)c1. The largest absolute Gasteiger partial charge is 0.329 e. The summed E-state index contributed by atoms with van der Waals surface area (Å²) < 4.78 is 27.3. The van der Waals surface area contributed by atoms with Gasteiger partial charge in [-0.2, -0.15) is 0 Å². The number of sulfonamides is 1. The lowest BCUT2D eigenvalue weighted by Crippen LogP contribution is -2.41. The van der Waals surface area contributed by atoms with Crippen molar-refractivity contribution < 1.29 is 8.42 Å². The monoisotopic (exact) mass is 268 g/mol. The molecule has 0 amide bonds. The summed E-state index contributed by atoms with van der Waals surface area (Å²) in [5.41, 5.74) is 7.47. The van der Waals surface area contributed by atoms with E-state index in [4.69, 9.17) is 5.73 Å². The van der Waals surface area contributed by atoms with E-state index in [1.54, 1.807) is 6.07 Å². The Labute approximate surface area is 109 Å². The predicted octanol–water partition coefficient (Wildman–Crippen LogP) is 1.32. The van der Waals surface area contributed by atoms with Crippen LogP contribution in [-0.4, -0.2) is 21.0 Å². The van der Waals surface area contributed by atoms with Crippen LogP contribution in [0.5, 0.6) is 0 Å². The lowest BCUT2D eigenvalue weighted by atomic mass is 10.2. The molecule has 1 aromatic rings. The van der Waals surface area contributed by atoms with Gasteiger partial charge in [0.1, 0.15) is 0 Å². The summed E-state index contributed by atoms with van der Waals surface area (Å²) in [7, 11) is -3.45. The molecule has 0 spiro atoms. The topological polar surface area (TPSA) is 72.2 Å². The molecule has 0 radical (unpaired) electrons. The molecule has 1 aliphatic carbocycles. The molecule has 4 nitrogen and oxygen atoms in total. The van der Waals surface area contributed by atoms with Gasteiger partial charge in [0.25, 0.3) is 0 Å². The highest BCUT2D eigenvalue weighted by atomic mass is 32.2. The van der Waals surface area contributed by atoms with Gasteiger partial charge in [-0.3, -0.25) is 0 Å². The van der Waals surface area contributed by atoms with Gasteiger partial charge in [-0.05, 0) is 44.2 Å². The van der Waals surface area contributed by atoms with Gasteiger partial charge < -0.3 is 5.73 Å². The summed E-state index contributed by atoms with van der Waals surface area (Å²) in [6, 6.07) is 5.22. The molecule has 0 bridgehead atoms. The molecule has 18 heavy (non-hydrogen) atoms. The van der Waals surface area contributed by atoms with E-state index >= 15 is 0 Å². The van der Waals surface area contributed by atoms with Crippen molar-refractivity contribution in [3.05, 3.63) is 29.3 Å². The smallest absolute Gasteiger partial charge is 0.241 e. The van der Waals surface area contributed by atoms with Crippen LogP contribution < -0.4 is 10.5 Å². The molecule has 0 saturated heterocycles. The molecule has 100 valence electrons. The van der Waals surface area contributed by atoms with Gasteiger partial charge in [-0.1, -0.05) is 17.7 Å². The lowest BCUT2D eigenvalue weighted by Gasteiger charge is -2.17. The van der Waals surface area contributed by atoms with E-state index in [1.165, 1.54) is 0 Å². The van der Waals surface area contributed by atoms with Crippen molar-refractivity contribution >= 4 is 10.0 Å². The zero-order chi connectivity index (χ0) is 13.3. The molecule has 1 unspecified atom stereocenters. The van der Waals surface area contributed by atoms with Gasteiger partial charge in [0, 0.05) is 12.6 Å². The third-order valence-electron chi connectivity index (χ3n) is 3.37. The summed E-state index contributed by atoms with van der Waals surface area (Å²) in [5, 5.41) is 0. The van der Waals surface area contributed by atoms with Gasteiger partial charge in [0.05, 0.1) is 4.90 Å². The second-order valence-electron chi connectivity index (χ2n) is 5.07. The summed E-state index contributed by atoms with van der Waals surface area (Å²) in [6.07, 6.45) is 2.13. The second-order valence-corrected chi connectivity index (χ2v) is 6.75. The molecule has 1 aromatic carbocycles. The molecule has 1 aliphatic rings. The molecule has 0 aliphatic heterocycles. The first-order valence-electron chi connectivity index (χ1n) is 6.23. The fourth-order valence-corrected chi connectivity index (χ4v) is 3.74. The maximum Gasteiger partial charge on any atom is 0.241 e. The first kappa shape index (κ1) is 13.5. The van der Waals surface area contributed by atoms with Crippen molar-refractivity contribution in [2.24, 2.45) is 11.7 Å². The molecule has 0 aromatic heterocycles. The first-order valence-corrected chi connectivity index (χ1v) is 7.72. The van der Waals surface area contributed by atoms with Crippen LogP contribution in [0.1, 0.15) is 24.0 Å². The van der Waals surface area contributed by atoms with Gasteiger partial charge in [0.2, 0.25) is 10.0 Å². The second kappa shape index (κ2) is 4.99. The zero-order valence-corrected chi connectivity index (χ0v) is 11.6. The minimum Gasteiger partial charge on any atom is -0.329 e. The predicted molar refractivity (Wildman–Crippen MR) is 71.8 cm³/mol. The van der Waals surface area contributed by atoms with E-state index in [0.29, 0.717) is 17.4 Å². The van der Waals surface area contributed by atoms with Crippen molar-refractivity contribution in [2.75, 3.05) is 6.54 Å². The number of benzene rings is 1. The van der Waals surface area contributed by atoms with Gasteiger partial charge in [-0.15, -0.1) is 0 Å². The van der Waals surface area contributed by atoms with Gasteiger partial charge >= 0.3 is 0 Å². The fourth-order valence-electron chi connectivity index (χ4n) is 2.20. The Morgan fingerprint density at radius 1 is 1.39 bits per heavy atom. The van der Waals surface area contributed by atoms with E-state index in [0.717, 1.165) is 24.0 Å². The third kappa shape index (κ3) is 2.91. The Balaban J connectivity index is 2.24. The minimum atomic E-state index is -3.45. The molecule has 1 fully saturated rings. The summed E-state index contributed by atoms with van der Waals surface area (Å²) in [5.74, 6) is 0.413. The molecule has 1 atom stereocenters. The Morgan fingerprint density at radius 2 is 2.06 bits per heavy atom. The van der Waals surface area contributed by atoms with Crippen LogP contribution in [0.3, 0.4) is 0 Å². The van der Waals surface area contributed by atoms with Crippen molar-refractivity contribution in [3.63, 3.8) is 0 Å². The van der Waals surface area contributed by atoms with Crippen LogP contribution in [0.4, 0.5) is 0 Å². The summed E-state index contributed by atoms with van der Waals surface area (Å²) in [6.45, 7) is 4.12. The first-order chi connectivity index (χ1) is 8.44. The van der Waals surface area contributed by atoms with E-state index in [9.17, 15) is 8.42 Å². The molecule has 1 saturated carbocycles. The highest BCUT2D eigenvalue weighted by Gasteiger charge is 2.33. The van der Waals surface area contributed by atoms with Crippen LogP contribution in [0, 0.1) is 19.8 Å². The standard InChI is InChI=1S/C13H20N2O2S/c1-9-3-6-13(10(2)7-9)18(16,17)15-12(8-14)11-4-5-11/h3,6-7,11-12,15H,4-5,8,14H2,1-2H3. The summed E-state index contributed by atoms with van der Waals surface area (Å²) >= 11 is 0. The van der Waals surface area contributed by atoms with Crippen LogP contribution in [-0.2, 0) is 10.0 Å². The zero-order valence-electron chi connectivity index (χ0n) is 10.8.